The summed E-state index contributed by atoms with van der Waals surface area (Å²) in [7, 11) is 0. The van der Waals surface area contributed by atoms with E-state index in [1.807, 2.05) is 6.08 Å². The molecule has 0 aromatic carbocycles. The van der Waals surface area contributed by atoms with E-state index in [-0.39, 0.29) is 17.9 Å². The third-order valence-electron chi connectivity index (χ3n) is 1.96. The van der Waals surface area contributed by atoms with E-state index in [9.17, 15) is 9.59 Å². The van der Waals surface area contributed by atoms with Gasteiger partial charge in [0.15, 0.2) is 0 Å². The third kappa shape index (κ3) is 3.60. The molecule has 0 fully saturated rings. The molecule has 0 aromatic heterocycles. The average Bonchev–Trinajstić information content (AvgIpc) is 2.47. The normalized spacial score (nSPS) is 20.1. The van der Waals surface area contributed by atoms with E-state index in [1.165, 1.54) is 13.8 Å². The zero-order chi connectivity index (χ0) is 10.6. The molecule has 0 N–H and O–H groups in total. The Labute approximate surface area is 82.9 Å². The van der Waals surface area contributed by atoms with Crippen molar-refractivity contribution in [3.05, 3.63) is 11.8 Å². The summed E-state index contributed by atoms with van der Waals surface area (Å²) < 4.78 is 9.79. The summed E-state index contributed by atoms with van der Waals surface area (Å²) in [5.74, 6) is 0.298. The van der Waals surface area contributed by atoms with Gasteiger partial charge in [-0.25, -0.2) is 0 Å². The molecule has 0 unspecified atom stereocenters. The quantitative estimate of drug-likeness (QED) is 0.643. The van der Waals surface area contributed by atoms with Crippen molar-refractivity contribution >= 4 is 11.9 Å². The minimum atomic E-state index is -0.301. The molecule has 1 aliphatic rings. The highest BCUT2D eigenvalue weighted by Gasteiger charge is 2.18. The second kappa shape index (κ2) is 4.79. The van der Waals surface area contributed by atoms with Crippen molar-refractivity contribution < 1.29 is 19.1 Å². The molecule has 1 rings (SSSR count). The Morgan fingerprint density at radius 2 is 2.14 bits per heavy atom. The highest BCUT2D eigenvalue weighted by Crippen LogP contribution is 2.25. The lowest BCUT2D eigenvalue weighted by Crippen LogP contribution is -2.07. The van der Waals surface area contributed by atoms with Gasteiger partial charge in [0.1, 0.15) is 5.76 Å². The number of ether oxygens (including phenoxy) is 2. The van der Waals surface area contributed by atoms with E-state index in [0.717, 1.165) is 12.8 Å². The lowest BCUT2D eigenvalue weighted by molar-refractivity contribution is -0.142. The smallest absolute Gasteiger partial charge is 0.307 e. The molecule has 0 aliphatic heterocycles. The van der Waals surface area contributed by atoms with E-state index in [4.69, 9.17) is 9.47 Å². The van der Waals surface area contributed by atoms with Gasteiger partial charge < -0.3 is 9.47 Å². The summed E-state index contributed by atoms with van der Waals surface area (Å²) in [5.41, 5.74) is 0. The molecular formula is C10H14O4. The maximum atomic E-state index is 10.6. The molecule has 0 radical (unpaired) electrons. The molecule has 78 valence electrons. The number of carbonyl (C=O) groups excluding carboxylic acids is 2. The van der Waals surface area contributed by atoms with Crippen LogP contribution in [0.25, 0.3) is 0 Å². The van der Waals surface area contributed by atoms with Crippen molar-refractivity contribution in [2.24, 2.45) is 5.92 Å². The Bertz CT molecular complexity index is 267. The van der Waals surface area contributed by atoms with E-state index >= 15 is 0 Å². The SMILES string of the molecule is CC(=O)OC[C@@H]1C=C(OC(C)=O)CC1. The predicted octanol–water partition coefficient (Wildman–Crippen LogP) is 1.41. The van der Waals surface area contributed by atoms with Crippen LogP contribution in [0.2, 0.25) is 0 Å². The molecule has 0 amide bonds. The van der Waals surface area contributed by atoms with Gasteiger partial charge in [0.05, 0.1) is 6.61 Å². The van der Waals surface area contributed by atoms with E-state index in [1.54, 1.807) is 0 Å². The van der Waals surface area contributed by atoms with E-state index in [0.29, 0.717) is 12.4 Å². The Balaban J connectivity index is 2.34. The lowest BCUT2D eigenvalue weighted by Gasteiger charge is -2.05. The predicted molar refractivity (Wildman–Crippen MR) is 49.2 cm³/mol. The maximum Gasteiger partial charge on any atom is 0.307 e. The number of allylic oxidation sites excluding steroid dienone is 1. The van der Waals surface area contributed by atoms with Crippen molar-refractivity contribution in [3.8, 4) is 0 Å². The first-order valence-electron chi connectivity index (χ1n) is 4.60. The standard InChI is InChI=1S/C10H14O4/c1-7(11)13-6-9-3-4-10(5-9)14-8(2)12/h5,9H,3-4,6H2,1-2H3/t9-/m0/s1. The van der Waals surface area contributed by atoms with Gasteiger partial charge >= 0.3 is 11.9 Å². The molecule has 0 bridgehead atoms. The van der Waals surface area contributed by atoms with Crippen LogP contribution in [0.1, 0.15) is 26.7 Å². The molecule has 14 heavy (non-hydrogen) atoms. The summed E-state index contributed by atoms with van der Waals surface area (Å²) in [6.45, 7) is 3.13. The first-order chi connectivity index (χ1) is 6.58. The van der Waals surface area contributed by atoms with Crippen LogP contribution in [0.3, 0.4) is 0 Å². The molecule has 0 saturated carbocycles. The molecule has 0 aromatic rings. The van der Waals surface area contributed by atoms with Crippen molar-refractivity contribution in [2.45, 2.75) is 26.7 Å². The zero-order valence-electron chi connectivity index (χ0n) is 8.41. The summed E-state index contributed by atoms with van der Waals surface area (Å²) in [4.78, 5) is 21.2. The Kier molecular flexibility index (Phi) is 3.68. The van der Waals surface area contributed by atoms with E-state index < -0.39 is 0 Å². The number of hydrogen-bond donors (Lipinski definition) is 0. The van der Waals surface area contributed by atoms with Crippen molar-refractivity contribution in [1.29, 1.82) is 0 Å². The fraction of sp³-hybridized carbons (Fsp3) is 0.600. The van der Waals surface area contributed by atoms with Crippen molar-refractivity contribution in [1.82, 2.24) is 0 Å². The second-order valence-corrected chi connectivity index (χ2v) is 3.33. The first-order valence-corrected chi connectivity index (χ1v) is 4.60. The van der Waals surface area contributed by atoms with Crippen LogP contribution in [-0.2, 0) is 19.1 Å². The molecule has 1 aliphatic carbocycles. The minimum absolute atomic E-state index is 0.188. The second-order valence-electron chi connectivity index (χ2n) is 3.33. The highest BCUT2D eigenvalue weighted by atomic mass is 16.5. The monoisotopic (exact) mass is 198 g/mol. The van der Waals surface area contributed by atoms with Gasteiger partial charge in [-0.05, 0) is 12.5 Å². The summed E-state index contributed by atoms with van der Waals surface area (Å²) in [6.07, 6.45) is 3.46. The largest absolute Gasteiger partial charge is 0.465 e. The van der Waals surface area contributed by atoms with Crippen LogP contribution in [0, 0.1) is 5.92 Å². The molecule has 0 spiro atoms. The molecule has 4 nitrogen and oxygen atoms in total. The fourth-order valence-electron chi connectivity index (χ4n) is 1.38. The van der Waals surface area contributed by atoms with Gasteiger partial charge in [0.2, 0.25) is 0 Å². The summed E-state index contributed by atoms with van der Waals surface area (Å²) >= 11 is 0. The fourth-order valence-corrected chi connectivity index (χ4v) is 1.38. The molecule has 0 saturated heterocycles. The number of carbonyl (C=O) groups is 2. The van der Waals surface area contributed by atoms with E-state index in [2.05, 4.69) is 0 Å². The Morgan fingerprint density at radius 1 is 1.43 bits per heavy atom. The number of esters is 2. The maximum absolute atomic E-state index is 10.6. The highest BCUT2D eigenvalue weighted by molar-refractivity contribution is 5.67. The van der Waals surface area contributed by atoms with Gasteiger partial charge in [-0.1, -0.05) is 0 Å². The number of rotatable bonds is 3. The van der Waals surface area contributed by atoms with Crippen LogP contribution in [0.5, 0.6) is 0 Å². The summed E-state index contributed by atoms with van der Waals surface area (Å²) in [5, 5.41) is 0. The van der Waals surface area contributed by atoms with Crippen LogP contribution >= 0.6 is 0 Å². The molecule has 1 atom stereocenters. The summed E-state index contributed by atoms with van der Waals surface area (Å²) in [6, 6.07) is 0. The average molecular weight is 198 g/mol. The van der Waals surface area contributed by atoms with Crippen LogP contribution in [0.15, 0.2) is 11.8 Å². The van der Waals surface area contributed by atoms with Gasteiger partial charge in [-0.2, -0.15) is 0 Å². The van der Waals surface area contributed by atoms with Crippen LogP contribution in [0.4, 0.5) is 0 Å². The molecule has 0 heterocycles. The lowest BCUT2D eigenvalue weighted by atomic mass is 10.1. The molecule has 4 heteroatoms. The Hall–Kier alpha value is -1.32. The van der Waals surface area contributed by atoms with Crippen LogP contribution in [-0.4, -0.2) is 18.5 Å². The van der Waals surface area contributed by atoms with Gasteiger partial charge in [0, 0.05) is 26.2 Å². The van der Waals surface area contributed by atoms with Gasteiger partial charge in [-0.15, -0.1) is 0 Å². The van der Waals surface area contributed by atoms with Crippen molar-refractivity contribution in [3.63, 3.8) is 0 Å². The molecular weight excluding hydrogens is 184 g/mol. The number of hydrogen-bond acceptors (Lipinski definition) is 4. The van der Waals surface area contributed by atoms with Gasteiger partial charge in [-0.3, -0.25) is 9.59 Å². The zero-order valence-corrected chi connectivity index (χ0v) is 8.41. The van der Waals surface area contributed by atoms with Gasteiger partial charge in [0.25, 0.3) is 0 Å². The third-order valence-corrected chi connectivity index (χ3v) is 1.96. The first kappa shape index (κ1) is 10.8. The topological polar surface area (TPSA) is 52.6 Å². The van der Waals surface area contributed by atoms with Crippen molar-refractivity contribution in [2.75, 3.05) is 6.61 Å². The Morgan fingerprint density at radius 3 is 2.71 bits per heavy atom. The van der Waals surface area contributed by atoms with Crippen LogP contribution < -0.4 is 0 Å². The minimum Gasteiger partial charge on any atom is -0.465 e.